The number of nitrogens with zero attached hydrogens (tertiary/aromatic N) is 2. The molecule has 8 heteroatoms. The molecule has 0 unspecified atom stereocenters. The van der Waals surface area contributed by atoms with Gasteiger partial charge in [-0.05, 0) is 24.3 Å². The highest BCUT2D eigenvalue weighted by Gasteiger charge is 2.30. The molecule has 2 amide bonds. The van der Waals surface area contributed by atoms with E-state index in [-0.39, 0.29) is 18.0 Å². The molecule has 0 radical (unpaired) electrons. The minimum Gasteiger partial charge on any atom is -0.369 e. The van der Waals surface area contributed by atoms with E-state index in [4.69, 9.17) is 5.73 Å². The van der Waals surface area contributed by atoms with Crippen molar-refractivity contribution in [1.82, 2.24) is 9.80 Å². The summed E-state index contributed by atoms with van der Waals surface area (Å²) in [5.74, 6) is -0.741. The molecular formula is C14H16F3N3O2. The maximum Gasteiger partial charge on any atom is 0.416 e. The number of primary amides is 1. The van der Waals surface area contributed by atoms with E-state index in [0.29, 0.717) is 26.2 Å². The Labute approximate surface area is 125 Å². The van der Waals surface area contributed by atoms with Crippen LogP contribution in [0.1, 0.15) is 15.9 Å². The van der Waals surface area contributed by atoms with Crippen molar-refractivity contribution in [1.29, 1.82) is 0 Å². The van der Waals surface area contributed by atoms with Gasteiger partial charge in [-0.2, -0.15) is 13.2 Å². The van der Waals surface area contributed by atoms with Crippen molar-refractivity contribution < 1.29 is 22.8 Å². The largest absolute Gasteiger partial charge is 0.416 e. The molecule has 1 aliphatic heterocycles. The van der Waals surface area contributed by atoms with Crippen LogP contribution in [0.2, 0.25) is 0 Å². The third-order valence-electron chi connectivity index (χ3n) is 3.50. The highest BCUT2D eigenvalue weighted by atomic mass is 19.4. The summed E-state index contributed by atoms with van der Waals surface area (Å²) >= 11 is 0. The van der Waals surface area contributed by atoms with Gasteiger partial charge in [-0.3, -0.25) is 14.5 Å². The van der Waals surface area contributed by atoms with Gasteiger partial charge in [0.2, 0.25) is 5.91 Å². The molecule has 0 spiro atoms. The molecule has 1 aliphatic rings. The lowest BCUT2D eigenvalue weighted by molar-refractivity contribution is -0.137. The molecule has 0 atom stereocenters. The standard InChI is InChI=1S/C14H16F3N3O2/c15-14(16,17)11-3-1-10(2-4-11)13(22)20-7-5-19(6-8-20)9-12(18)21/h1-4H,5-9H2,(H2,18,21). The molecule has 0 aliphatic carbocycles. The van der Waals surface area contributed by atoms with Gasteiger partial charge in [-0.25, -0.2) is 0 Å². The Morgan fingerprint density at radius 2 is 1.59 bits per heavy atom. The van der Waals surface area contributed by atoms with Crippen LogP contribution in [0.3, 0.4) is 0 Å². The minimum absolute atomic E-state index is 0.141. The molecule has 22 heavy (non-hydrogen) atoms. The summed E-state index contributed by atoms with van der Waals surface area (Å²) in [5.41, 5.74) is 4.54. The third-order valence-corrected chi connectivity index (χ3v) is 3.50. The summed E-state index contributed by atoms with van der Waals surface area (Å²) in [7, 11) is 0. The van der Waals surface area contributed by atoms with E-state index < -0.39 is 17.6 Å². The number of rotatable bonds is 3. The van der Waals surface area contributed by atoms with Gasteiger partial charge in [0.05, 0.1) is 12.1 Å². The lowest BCUT2D eigenvalue weighted by Crippen LogP contribution is -2.50. The molecule has 1 saturated heterocycles. The van der Waals surface area contributed by atoms with Gasteiger partial charge in [-0.1, -0.05) is 0 Å². The van der Waals surface area contributed by atoms with E-state index in [1.807, 2.05) is 4.90 Å². The predicted octanol–water partition coefficient (Wildman–Crippen LogP) is 0.949. The molecule has 1 aromatic rings. The Bertz CT molecular complexity index is 549. The summed E-state index contributed by atoms with van der Waals surface area (Å²) in [6, 6.07) is 4.16. The van der Waals surface area contributed by atoms with Crippen molar-refractivity contribution in [3.05, 3.63) is 35.4 Å². The van der Waals surface area contributed by atoms with Crippen LogP contribution in [0.4, 0.5) is 13.2 Å². The first kappa shape index (κ1) is 16.3. The molecule has 2 N–H and O–H groups in total. The van der Waals surface area contributed by atoms with Gasteiger partial charge in [0.15, 0.2) is 0 Å². The van der Waals surface area contributed by atoms with Crippen LogP contribution >= 0.6 is 0 Å². The van der Waals surface area contributed by atoms with E-state index in [0.717, 1.165) is 12.1 Å². The topological polar surface area (TPSA) is 66.6 Å². The number of hydrogen-bond donors (Lipinski definition) is 1. The first-order chi connectivity index (χ1) is 10.3. The number of carbonyl (C=O) groups excluding carboxylic acids is 2. The van der Waals surface area contributed by atoms with Crippen molar-refractivity contribution in [2.45, 2.75) is 6.18 Å². The van der Waals surface area contributed by atoms with Crippen molar-refractivity contribution in [3.8, 4) is 0 Å². The first-order valence-electron chi connectivity index (χ1n) is 6.74. The smallest absolute Gasteiger partial charge is 0.369 e. The Kier molecular flexibility index (Phi) is 4.70. The van der Waals surface area contributed by atoms with Crippen molar-refractivity contribution in [2.24, 2.45) is 5.73 Å². The molecule has 1 aromatic carbocycles. The van der Waals surface area contributed by atoms with Crippen molar-refractivity contribution in [3.63, 3.8) is 0 Å². The van der Waals surface area contributed by atoms with Gasteiger partial charge < -0.3 is 10.6 Å². The number of hydrogen-bond acceptors (Lipinski definition) is 3. The van der Waals surface area contributed by atoms with Gasteiger partial charge in [0.25, 0.3) is 5.91 Å². The quantitative estimate of drug-likeness (QED) is 0.903. The lowest BCUT2D eigenvalue weighted by atomic mass is 10.1. The SMILES string of the molecule is NC(=O)CN1CCN(C(=O)c2ccc(C(F)(F)F)cc2)CC1. The van der Waals surface area contributed by atoms with Gasteiger partial charge >= 0.3 is 6.18 Å². The Hall–Kier alpha value is -2.09. The number of carbonyl (C=O) groups is 2. The highest BCUT2D eigenvalue weighted by molar-refractivity contribution is 5.94. The summed E-state index contributed by atoms with van der Waals surface area (Å²) in [6.07, 6.45) is -4.41. The van der Waals surface area contributed by atoms with Crippen molar-refractivity contribution in [2.75, 3.05) is 32.7 Å². The first-order valence-corrected chi connectivity index (χ1v) is 6.74. The Balaban J connectivity index is 1.97. The van der Waals surface area contributed by atoms with E-state index in [2.05, 4.69) is 0 Å². The molecule has 2 rings (SSSR count). The van der Waals surface area contributed by atoms with Crippen LogP contribution in [0.15, 0.2) is 24.3 Å². The second kappa shape index (κ2) is 6.35. The van der Waals surface area contributed by atoms with Crippen LogP contribution in [0.25, 0.3) is 0 Å². The van der Waals surface area contributed by atoms with E-state index in [1.54, 1.807) is 4.90 Å². The van der Waals surface area contributed by atoms with Crippen LogP contribution in [-0.4, -0.2) is 54.3 Å². The summed E-state index contributed by atoms with van der Waals surface area (Å²) in [4.78, 5) is 26.4. The maximum absolute atomic E-state index is 12.5. The van der Waals surface area contributed by atoms with Crippen LogP contribution in [0.5, 0.6) is 0 Å². The Morgan fingerprint density at radius 3 is 2.05 bits per heavy atom. The zero-order valence-corrected chi connectivity index (χ0v) is 11.8. The normalized spacial score (nSPS) is 16.6. The summed E-state index contributed by atoms with van der Waals surface area (Å²) in [5, 5.41) is 0. The average molecular weight is 315 g/mol. The molecule has 1 heterocycles. The fraction of sp³-hybridized carbons (Fsp3) is 0.429. The van der Waals surface area contributed by atoms with E-state index in [9.17, 15) is 22.8 Å². The number of amides is 2. The average Bonchev–Trinajstić information content (AvgIpc) is 2.46. The number of piperazine rings is 1. The molecule has 1 fully saturated rings. The van der Waals surface area contributed by atoms with E-state index in [1.165, 1.54) is 12.1 Å². The molecule has 0 saturated carbocycles. The Morgan fingerprint density at radius 1 is 1.05 bits per heavy atom. The third kappa shape index (κ3) is 3.97. The predicted molar refractivity (Wildman–Crippen MR) is 73.0 cm³/mol. The molecule has 120 valence electrons. The zero-order valence-electron chi connectivity index (χ0n) is 11.8. The molecule has 0 bridgehead atoms. The van der Waals surface area contributed by atoms with Gasteiger partial charge in [0.1, 0.15) is 0 Å². The van der Waals surface area contributed by atoms with Gasteiger partial charge in [-0.15, -0.1) is 0 Å². The molecular weight excluding hydrogens is 299 g/mol. The number of nitrogens with two attached hydrogens (primary N) is 1. The maximum atomic E-state index is 12.5. The number of benzene rings is 1. The van der Waals surface area contributed by atoms with Crippen LogP contribution < -0.4 is 5.73 Å². The highest BCUT2D eigenvalue weighted by Crippen LogP contribution is 2.29. The number of alkyl halides is 3. The van der Waals surface area contributed by atoms with Crippen LogP contribution in [0, 0.1) is 0 Å². The monoisotopic (exact) mass is 315 g/mol. The summed E-state index contributed by atoms with van der Waals surface area (Å²) in [6.45, 7) is 1.98. The second-order valence-corrected chi connectivity index (χ2v) is 5.11. The fourth-order valence-electron chi connectivity index (χ4n) is 2.31. The lowest BCUT2D eigenvalue weighted by Gasteiger charge is -2.34. The second-order valence-electron chi connectivity index (χ2n) is 5.11. The molecule has 0 aromatic heterocycles. The number of halogens is 3. The van der Waals surface area contributed by atoms with Crippen LogP contribution in [-0.2, 0) is 11.0 Å². The minimum atomic E-state index is -4.41. The van der Waals surface area contributed by atoms with Crippen molar-refractivity contribution >= 4 is 11.8 Å². The van der Waals surface area contributed by atoms with Gasteiger partial charge in [0, 0.05) is 31.7 Å². The summed E-state index contributed by atoms with van der Waals surface area (Å²) < 4.78 is 37.5. The zero-order chi connectivity index (χ0) is 16.3. The fourth-order valence-corrected chi connectivity index (χ4v) is 2.31. The molecule has 5 nitrogen and oxygen atoms in total. The van der Waals surface area contributed by atoms with E-state index >= 15 is 0 Å².